The Morgan fingerprint density at radius 3 is 3.00 bits per heavy atom. The molecule has 0 radical (unpaired) electrons. The van der Waals surface area contributed by atoms with Crippen LogP contribution in [0.2, 0.25) is 0 Å². The van der Waals surface area contributed by atoms with Crippen LogP contribution >= 0.6 is 0 Å². The number of fused-ring (bicyclic) bond motifs is 1. The van der Waals surface area contributed by atoms with Crippen LogP contribution in [0.3, 0.4) is 0 Å². The van der Waals surface area contributed by atoms with Gasteiger partial charge in [0, 0.05) is 0 Å². The van der Waals surface area contributed by atoms with Gasteiger partial charge in [0.15, 0.2) is 0 Å². The minimum Gasteiger partial charge on any atom is -0.364 e. The zero-order valence-electron chi connectivity index (χ0n) is 7.14. The van der Waals surface area contributed by atoms with Crippen molar-refractivity contribution in [3.05, 3.63) is 35.7 Å². The molecule has 5 heteroatoms. The van der Waals surface area contributed by atoms with Crippen LogP contribution in [0.1, 0.15) is 16.1 Å². The Kier molecular flexibility index (Phi) is 1.68. The highest BCUT2D eigenvalue weighted by Crippen LogP contribution is 2.09. The third-order valence-corrected chi connectivity index (χ3v) is 1.88. The first-order valence-electron chi connectivity index (χ1n) is 3.90. The molecule has 2 rings (SSSR count). The standard InChI is InChI=1S/C9H6N4O/c10-4-6-3-7-1-2-8(9(11)14)13(7)12-5-6/h1-3,5H,(H2,11,14). The molecule has 0 fully saturated rings. The van der Waals surface area contributed by atoms with Gasteiger partial charge in [0.05, 0.1) is 17.3 Å². The summed E-state index contributed by atoms with van der Waals surface area (Å²) in [6.45, 7) is 0. The third kappa shape index (κ3) is 1.10. The molecule has 0 bridgehead atoms. The molecule has 2 heterocycles. The predicted octanol–water partition coefficient (Wildman–Crippen LogP) is 0.305. The van der Waals surface area contributed by atoms with Crippen LogP contribution in [-0.2, 0) is 0 Å². The normalized spacial score (nSPS) is 9.93. The number of carbonyl (C=O) groups is 1. The Labute approximate surface area is 79.4 Å². The fraction of sp³-hybridized carbons (Fsp3) is 0. The number of amides is 1. The molecule has 0 aromatic carbocycles. The van der Waals surface area contributed by atoms with E-state index >= 15 is 0 Å². The van der Waals surface area contributed by atoms with Gasteiger partial charge in [0.2, 0.25) is 0 Å². The molecule has 0 saturated heterocycles. The lowest BCUT2D eigenvalue weighted by Gasteiger charge is -1.96. The number of hydrogen-bond acceptors (Lipinski definition) is 3. The number of nitrogens with two attached hydrogens (primary N) is 1. The van der Waals surface area contributed by atoms with Gasteiger partial charge in [-0.3, -0.25) is 4.79 Å². The first-order chi connectivity index (χ1) is 6.72. The van der Waals surface area contributed by atoms with E-state index in [2.05, 4.69) is 5.10 Å². The van der Waals surface area contributed by atoms with Gasteiger partial charge in [0.25, 0.3) is 5.91 Å². The largest absolute Gasteiger partial charge is 0.364 e. The average Bonchev–Trinajstić information content (AvgIpc) is 2.59. The average molecular weight is 186 g/mol. The second-order valence-corrected chi connectivity index (χ2v) is 2.78. The number of rotatable bonds is 1. The number of hydrogen-bond donors (Lipinski definition) is 1. The highest BCUT2D eigenvalue weighted by molar-refractivity contribution is 5.92. The van der Waals surface area contributed by atoms with Gasteiger partial charge in [-0.25, -0.2) is 4.52 Å². The minimum absolute atomic E-state index is 0.310. The molecule has 2 aromatic heterocycles. The zero-order chi connectivity index (χ0) is 10.1. The van der Waals surface area contributed by atoms with Crippen LogP contribution in [0.4, 0.5) is 0 Å². The van der Waals surface area contributed by atoms with Gasteiger partial charge in [0.1, 0.15) is 11.8 Å². The van der Waals surface area contributed by atoms with Crippen molar-refractivity contribution >= 4 is 11.4 Å². The molecule has 2 N–H and O–H groups in total. The van der Waals surface area contributed by atoms with Crippen molar-refractivity contribution in [2.24, 2.45) is 5.73 Å². The topological polar surface area (TPSA) is 84.2 Å². The molecule has 0 spiro atoms. The number of aromatic nitrogens is 2. The summed E-state index contributed by atoms with van der Waals surface area (Å²) in [5, 5.41) is 12.5. The Hall–Kier alpha value is -2.35. The highest BCUT2D eigenvalue weighted by atomic mass is 16.1. The zero-order valence-corrected chi connectivity index (χ0v) is 7.14. The van der Waals surface area contributed by atoms with E-state index in [1.807, 2.05) is 6.07 Å². The summed E-state index contributed by atoms with van der Waals surface area (Å²) in [5.41, 5.74) is 6.57. The highest BCUT2D eigenvalue weighted by Gasteiger charge is 2.07. The Bertz CT molecular complexity index is 549. The molecule has 1 amide bonds. The van der Waals surface area contributed by atoms with Gasteiger partial charge in [-0.05, 0) is 18.2 Å². The summed E-state index contributed by atoms with van der Waals surface area (Å²) in [5.74, 6) is -0.540. The van der Waals surface area contributed by atoms with Crippen molar-refractivity contribution in [3.8, 4) is 6.07 Å². The summed E-state index contributed by atoms with van der Waals surface area (Å²) in [6.07, 6.45) is 1.39. The summed E-state index contributed by atoms with van der Waals surface area (Å²) < 4.78 is 1.41. The SMILES string of the molecule is N#Cc1cnn2c(C(N)=O)ccc2c1. The van der Waals surface area contributed by atoms with Crippen molar-refractivity contribution in [3.63, 3.8) is 0 Å². The van der Waals surface area contributed by atoms with E-state index in [0.717, 1.165) is 0 Å². The minimum atomic E-state index is -0.540. The lowest BCUT2D eigenvalue weighted by atomic mass is 10.3. The van der Waals surface area contributed by atoms with Crippen molar-refractivity contribution in [2.75, 3.05) is 0 Å². The van der Waals surface area contributed by atoms with Crippen molar-refractivity contribution in [1.82, 2.24) is 9.61 Å². The fourth-order valence-corrected chi connectivity index (χ4v) is 1.25. The lowest BCUT2D eigenvalue weighted by Crippen LogP contribution is -2.14. The fourth-order valence-electron chi connectivity index (χ4n) is 1.25. The van der Waals surface area contributed by atoms with Gasteiger partial charge >= 0.3 is 0 Å². The molecule has 0 unspecified atom stereocenters. The maximum absolute atomic E-state index is 10.9. The molecule has 5 nitrogen and oxygen atoms in total. The van der Waals surface area contributed by atoms with E-state index in [4.69, 9.17) is 11.0 Å². The Morgan fingerprint density at radius 1 is 1.57 bits per heavy atom. The van der Waals surface area contributed by atoms with Crippen molar-refractivity contribution < 1.29 is 4.79 Å². The van der Waals surface area contributed by atoms with E-state index in [1.54, 1.807) is 18.2 Å². The van der Waals surface area contributed by atoms with E-state index in [-0.39, 0.29) is 0 Å². The first-order valence-corrected chi connectivity index (χ1v) is 3.90. The summed E-state index contributed by atoms with van der Waals surface area (Å²) >= 11 is 0. The molecule has 0 atom stereocenters. The smallest absolute Gasteiger partial charge is 0.267 e. The van der Waals surface area contributed by atoms with E-state index in [0.29, 0.717) is 16.8 Å². The quantitative estimate of drug-likeness (QED) is 0.695. The molecular weight excluding hydrogens is 180 g/mol. The van der Waals surface area contributed by atoms with Crippen molar-refractivity contribution in [1.29, 1.82) is 5.26 Å². The van der Waals surface area contributed by atoms with Crippen LogP contribution < -0.4 is 5.73 Å². The molecule has 68 valence electrons. The number of nitriles is 1. The molecule has 0 aliphatic carbocycles. The summed E-state index contributed by atoms with van der Waals surface area (Å²) in [7, 11) is 0. The van der Waals surface area contributed by atoms with Crippen molar-refractivity contribution in [2.45, 2.75) is 0 Å². The monoisotopic (exact) mass is 186 g/mol. The van der Waals surface area contributed by atoms with Gasteiger partial charge in [-0.2, -0.15) is 10.4 Å². The van der Waals surface area contributed by atoms with E-state index in [1.165, 1.54) is 10.7 Å². The maximum Gasteiger partial charge on any atom is 0.267 e. The summed E-state index contributed by atoms with van der Waals surface area (Å²) in [6, 6.07) is 6.87. The molecule has 0 saturated carbocycles. The summed E-state index contributed by atoms with van der Waals surface area (Å²) in [4.78, 5) is 10.9. The van der Waals surface area contributed by atoms with Crippen LogP contribution in [0.25, 0.3) is 5.52 Å². The Balaban J connectivity index is 2.73. The van der Waals surface area contributed by atoms with Gasteiger partial charge < -0.3 is 5.73 Å². The van der Waals surface area contributed by atoms with Gasteiger partial charge in [-0.15, -0.1) is 0 Å². The molecule has 2 aromatic rings. The first kappa shape index (κ1) is 8.26. The second-order valence-electron chi connectivity index (χ2n) is 2.78. The molecule has 0 aliphatic heterocycles. The molecular formula is C9H6N4O. The molecule has 14 heavy (non-hydrogen) atoms. The Morgan fingerprint density at radius 2 is 2.36 bits per heavy atom. The number of nitrogens with zero attached hydrogens (tertiary/aromatic N) is 3. The second kappa shape index (κ2) is 2.85. The van der Waals surface area contributed by atoms with E-state index < -0.39 is 5.91 Å². The molecule has 0 aliphatic rings. The number of primary amides is 1. The predicted molar refractivity (Wildman–Crippen MR) is 48.4 cm³/mol. The van der Waals surface area contributed by atoms with Crippen LogP contribution in [0.15, 0.2) is 24.4 Å². The number of carbonyl (C=O) groups excluding carboxylic acids is 1. The van der Waals surface area contributed by atoms with E-state index in [9.17, 15) is 4.79 Å². The van der Waals surface area contributed by atoms with Crippen LogP contribution in [0.5, 0.6) is 0 Å². The maximum atomic E-state index is 10.9. The van der Waals surface area contributed by atoms with Crippen LogP contribution in [0, 0.1) is 11.3 Å². The van der Waals surface area contributed by atoms with Crippen LogP contribution in [-0.4, -0.2) is 15.5 Å². The lowest BCUT2D eigenvalue weighted by molar-refractivity contribution is 0.0993. The third-order valence-electron chi connectivity index (χ3n) is 1.88. The van der Waals surface area contributed by atoms with Gasteiger partial charge in [-0.1, -0.05) is 0 Å².